The van der Waals surface area contributed by atoms with Crippen LogP contribution in [0.4, 0.5) is 0 Å². The topological polar surface area (TPSA) is 49.8 Å². The number of allylic oxidation sites excluding steroid dienone is 3. The van der Waals surface area contributed by atoms with Gasteiger partial charge in [0.15, 0.2) is 0 Å². The molecule has 1 atom stereocenters. The second-order valence-corrected chi connectivity index (χ2v) is 4.63. The standard InChI is InChI=1S/C14H23NO3/c1-4-5-11(2)8-13(18-3)9-14(17)15-7-6-12(16)10-15/h5,8,12,16H,4,6-7,9-10H2,1-3H3/b11-5+,13-8-. The monoisotopic (exact) mass is 253 g/mol. The number of hydrogen-bond acceptors (Lipinski definition) is 3. The quantitative estimate of drug-likeness (QED) is 0.601. The van der Waals surface area contributed by atoms with Gasteiger partial charge < -0.3 is 14.7 Å². The third-order valence-corrected chi connectivity index (χ3v) is 3.02. The van der Waals surface area contributed by atoms with Crippen LogP contribution in [0.5, 0.6) is 0 Å². The van der Waals surface area contributed by atoms with E-state index < -0.39 is 0 Å². The lowest BCUT2D eigenvalue weighted by Crippen LogP contribution is -2.29. The molecule has 0 spiro atoms. The Morgan fingerprint density at radius 2 is 2.28 bits per heavy atom. The first-order chi connectivity index (χ1) is 8.56. The second-order valence-electron chi connectivity index (χ2n) is 4.63. The number of likely N-dealkylation sites (tertiary alicyclic amines) is 1. The summed E-state index contributed by atoms with van der Waals surface area (Å²) in [6.45, 7) is 5.15. The molecule has 1 amide bonds. The van der Waals surface area contributed by atoms with Crippen molar-refractivity contribution in [2.75, 3.05) is 20.2 Å². The van der Waals surface area contributed by atoms with E-state index in [0.717, 1.165) is 12.0 Å². The fourth-order valence-corrected chi connectivity index (χ4v) is 2.05. The summed E-state index contributed by atoms with van der Waals surface area (Å²) in [4.78, 5) is 13.7. The third kappa shape index (κ3) is 4.53. The van der Waals surface area contributed by atoms with Crippen LogP contribution in [-0.4, -0.2) is 42.2 Å². The zero-order chi connectivity index (χ0) is 13.5. The molecular weight excluding hydrogens is 230 g/mol. The van der Waals surface area contributed by atoms with Crippen LogP contribution in [0.3, 0.4) is 0 Å². The molecule has 1 saturated heterocycles. The number of aliphatic hydroxyl groups is 1. The molecule has 1 rings (SSSR count). The summed E-state index contributed by atoms with van der Waals surface area (Å²) >= 11 is 0. The van der Waals surface area contributed by atoms with Crippen LogP contribution >= 0.6 is 0 Å². The number of rotatable bonds is 5. The molecule has 0 aromatic heterocycles. The molecule has 1 N–H and O–H groups in total. The number of methoxy groups -OCH3 is 1. The van der Waals surface area contributed by atoms with E-state index in [9.17, 15) is 9.90 Å². The zero-order valence-corrected chi connectivity index (χ0v) is 11.5. The van der Waals surface area contributed by atoms with E-state index in [0.29, 0.717) is 25.3 Å². The predicted molar refractivity (Wildman–Crippen MR) is 71.0 cm³/mol. The van der Waals surface area contributed by atoms with Crippen LogP contribution in [-0.2, 0) is 9.53 Å². The highest BCUT2D eigenvalue weighted by Crippen LogP contribution is 2.14. The average Bonchev–Trinajstić information content (AvgIpc) is 2.75. The molecular formula is C14H23NO3. The highest BCUT2D eigenvalue weighted by molar-refractivity contribution is 5.78. The molecule has 4 nitrogen and oxygen atoms in total. The van der Waals surface area contributed by atoms with E-state index in [4.69, 9.17) is 4.74 Å². The van der Waals surface area contributed by atoms with Crippen LogP contribution in [0.2, 0.25) is 0 Å². The normalized spacial score (nSPS) is 21.3. The first-order valence-corrected chi connectivity index (χ1v) is 6.44. The Morgan fingerprint density at radius 3 is 2.78 bits per heavy atom. The lowest BCUT2D eigenvalue weighted by molar-refractivity contribution is -0.130. The van der Waals surface area contributed by atoms with Gasteiger partial charge in [-0.3, -0.25) is 4.79 Å². The molecule has 0 radical (unpaired) electrons. The molecule has 18 heavy (non-hydrogen) atoms. The Bertz CT molecular complexity index is 347. The molecule has 0 saturated carbocycles. The van der Waals surface area contributed by atoms with Gasteiger partial charge in [-0.05, 0) is 25.8 Å². The molecule has 0 aromatic rings. The van der Waals surface area contributed by atoms with Gasteiger partial charge in [0.2, 0.25) is 5.91 Å². The molecule has 4 heteroatoms. The predicted octanol–water partition coefficient (Wildman–Crippen LogP) is 1.86. The minimum atomic E-state index is -0.370. The van der Waals surface area contributed by atoms with Crippen molar-refractivity contribution >= 4 is 5.91 Å². The number of β-amino-alcohol motifs (C(OH)–C–C–N with tert-alkyl or cyclic N) is 1. The Kier molecular flexibility index (Phi) is 5.92. The lowest BCUT2D eigenvalue weighted by Gasteiger charge is -2.16. The van der Waals surface area contributed by atoms with Gasteiger partial charge in [0, 0.05) is 13.1 Å². The molecule has 0 bridgehead atoms. The van der Waals surface area contributed by atoms with Gasteiger partial charge in [-0.1, -0.05) is 18.6 Å². The highest BCUT2D eigenvalue weighted by Gasteiger charge is 2.24. The maximum atomic E-state index is 12.0. The van der Waals surface area contributed by atoms with E-state index in [-0.39, 0.29) is 18.4 Å². The van der Waals surface area contributed by atoms with Crippen LogP contribution in [0, 0.1) is 0 Å². The van der Waals surface area contributed by atoms with Gasteiger partial charge >= 0.3 is 0 Å². The van der Waals surface area contributed by atoms with E-state index >= 15 is 0 Å². The smallest absolute Gasteiger partial charge is 0.230 e. The highest BCUT2D eigenvalue weighted by atomic mass is 16.5. The van der Waals surface area contributed by atoms with Crippen molar-refractivity contribution in [3.8, 4) is 0 Å². The van der Waals surface area contributed by atoms with E-state index in [1.165, 1.54) is 0 Å². The number of nitrogens with zero attached hydrogens (tertiary/aromatic N) is 1. The molecule has 1 fully saturated rings. The Morgan fingerprint density at radius 1 is 1.56 bits per heavy atom. The lowest BCUT2D eigenvalue weighted by atomic mass is 10.2. The van der Waals surface area contributed by atoms with Crippen LogP contribution in [0.25, 0.3) is 0 Å². The van der Waals surface area contributed by atoms with E-state index in [2.05, 4.69) is 13.0 Å². The van der Waals surface area contributed by atoms with Crippen LogP contribution in [0.1, 0.15) is 33.1 Å². The summed E-state index contributed by atoms with van der Waals surface area (Å²) in [6, 6.07) is 0. The number of carbonyl (C=O) groups excluding carboxylic acids is 1. The largest absolute Gasteiger partial charge is 0.501 e. The minimum absolute atomic E-state index is 0.0175. The number of hydrogen-bond donors (Lipinski definition) is 1. The molecule has 1 aliphatic heterocycles. The maximum Gasteiger partial charge on any atom is 0.230 e. The second kappa shape index (κ2) is 7.21. The van der Waals surface area contributed by atoms with Crippen molar-refractivity contribution in [2.45, 2.75) is 39.2 Å². The van der Waals surface area contributed by atoms with Gasteiger partial charge in [0.25, 0.3) is 0 Å². The maximum absolute atomic E-state index is 12.0. The number of aliphatic hydroxyl groups excluding tert-OH is 1. The van der Waals surface area contributed by atoms with Gasteiger partial charge in [-0.15, -0.1) is 0 Å². The summed E-state index contributed by atoms with van der Waals surface area (Å²) < 4.78 is 5.23. The minimum Gasteiger partial charge on any atom is -0.501 e. The van der Waals surface area contributed by atoms with E-state index in [1.807, 2.05) is 13.0 Å². The fourth-order valence-electron chi connectivity index (χ4n) is 2.05. The first-order valence-electron chi connectivity index (χ1n) is 6.44. The van der Waals surface area contributed by atoms with Gasteiger partial charge in [0.1, 0.15) is 5.76 Å². The Balaban J connectivity index is 2.58. The number of amides is 1. The van der Waals surface area contributed by atoms with Crippen molar-refractivity contribution in [1.29, 1.82) is 0 Å². The van der Waals surface area contributed by atoms with Crippen LogP contribution in [0.15, 0.2) is 23.5 Å². The van der Waals surface area contributed by atoms with Crippen molar-refractivity contribution < 1.29 is 14.6 Å². The summed E-state index contributed by atoms with van der Waals surface area (Å²) in [7, 11) is 1.58. The fraction of sp³-hybridized carbons (Fsp3) is 0.643. The van der Waals surface area contributed by atoms with Crippen molar-refractivity contribution in [3.63, 3.8) is 0 Å². The van der Waals surface area contributed by atoms with Crippen LogP contribution < -0.4 is 0 Å². The molecule has 1 heterocycles. The summed E-state index contributed by atoms with van der Waals surface area (Å²) in [5.41, 5.74) is 1.10. The summed E-state index contributed by atoms with van der Waals surface area (Å²) in [6.07, 6.45) is 5.51. The van der Waals surface area contributed by atoms with Gasteiger partial charge in [-0.25, -0.2) is 0 Å². The summed E-state index contributed by atoms with van der Waals surface area (Å²) in [5.74, 6) is 0.688. The van der Waals surface area contributed by atoms with E-state index in [1.54, 1.807) is 12.0 Å². The van der Waals surface area contributed by atoms with Gasteiger partial charge in [0.05, 0.1) is 19.6 Å². The van der Waals surface area contributed by atoms with Crippen molar-refractivity contribution in [2.24, 2.45) is 0 Å². The summed E-state index contributed by atoms with van der Waals surface area (Å²) in [5, 5.41) is 9.41. The third-order valence-electron chi connectivity index (χ3n) is 3.02. The van der Waals surface area contributed by atoms with Crippen molar-refractivity contribution in [1.82, 2.24) is 4.90 Å². The average molecular weight is 253 g/mol. The first kappa shape index (κ1) is 14.8. The molecule has 1 unspecified atom stereocenters. The SMILES string of the molecule is CC/C=C(C)/C=C(/CC(=O)N1CCC(O)C1)OC. The van der Waals surface area contributed by atoms with Gasteiger partial charge in [-0.2, -0.15) is 0 Å². The number of carbonyl (C=O) groups is 1. The zero-order valence-electron chi connectivity index (χ0n) is 11.5. The molecule has 1 aliphatic rings. The number of ether oxygens (including phenoxy) is 1. The Labute approximate surface area is 109 Å². The molecule has 102 valence electrons. The Hall–Kier alpha value is -1.29. The van der Waals surface area contributed by atoms with Crippen molar-refractivity contribution in [3.05, 3.63) is 23.5 Å². The molecule has 0 aliphatic carbocycles. The molecule has 0 aromatic carbocycles.